The number of nitrogens with one attached hydrogen (secondary N) is 1. The van der Waals surface area contributed by atoms with Crippen molar-refractivity contribution >= 4 is 38.8 Å². The summed E-state index contributed by atoms with van der Waals surface area (Å²) in [5, 5.41) is 5.86. The molecule has 2 aromatic heterocycles. The van der Waals surface area contributed by atoms with Crippen LogP contribution < -0.4 is 11.1 Å². The molecule has 0 saturated heterocycles. The van der Waals surface area contributed by atoms with E-state index >= 15 is 0 Å². The molecule has 0 bridgehead atoms. The van der Waals surface area contributed by atoms with Gasteiger partial charge in [0, 0.05) is 12.1 Å². The minimum Gasteiger partial charge on any atom is -0.373 e. The molecule has 25 heavy (non-hydrogen) atoms. The van der Waals surface area contributed by atoms with Gasteiger partial charge in [-0.2, -0.15) is 0 Å². The number of nitrogens with two attached hydrogens (primary N) is 1. The molecule has 0 spiro atoms. The molecule has 1 aliphatic carbocycles. The second-order valence-electron chi connectivity index (χ2n) is 5.77. The van der Waals surface area contributed by atoms with Gasteiger partial charge in [-0.25, -0.2) is 4.98 Å². The van der Waals surface area contributed by atoms with Crippen molar-refractivity contribution in [3.8, 4) is 11.8 Å². The lowest BCUT2D eigenvalue weighted by Crippen LogP contribution is -2.22. The Hall–Kier alpha value is -1.28. The zero-order valence-corrected chi connectivity index (χ0v) is 17.4. The first-order valence-electron chi connectivity index (χ1n) is 9.05. The molecule has 3 N–H and O–H groups in total. The maximum atomic E-state index is 5.98. The molecule has 0 aromatic carbocycles. The highest BCUT2D eigenvalue weighted by Gasteiger charge is 2.08. The van der Waals surface area contributed by atoms with Crippen molar-refractivity contribution in [3.63, 3.8) is 0 Å². The number of pyridine rings is 1. The number of halogens is 1. The number of nitrogens with zero attached hydrogens (tertiary/aromatic N) is 1. The van der Waals surface area contributed by atoms with Crippen LogP contribution in [0.25, 0.3) is 10.2 Å². The molecule has 0 aliphatic heterocycles. The molecule has 5 heteroatoms. The molecule has 138 valence electrons. The van der Waals surface area contributed by atoms with E-state index in [4.69, 9.17) is 17.3 Å². The molecule has 2 heterocycles. The minimum absolute atomic E-state index is 0.515. The van der Waals surface area contributed by atoms with Crippen LogP contribution in [0, 0.1) is 18.8 Å². The lowest BCUT2D eigenvalue weighted by atomic mass is 9.97. The topological polar surface area (TPSA) is 50.9 Å². The van der Waals surface area contributed by atoms with Gasteiger partial charge in [-0.1, -0.05) is 50.6 Å². The molecule has 1 aliphatic rings. The fourth-order valence-corrected chi connectivity index (χ4v) is 3.76. The molecular formula is C20H30ClN3S. The van der Waals surface area contributed by atoms with Crippen molar-refractivity contribution < 1.29 is 0 Å². The van der Waals surface area contributed by atoms with E-state index in [0.717, 1.165) is 21.5 Å². The number of hydrogen-bond donors (Lipinski definition) is 2. The summed E-state index contributed by atoms with van der Waals surface area (Å²) in [6.07, 6.45) is 6.66. The Bertz CT molecular complexity index is 694. The average Bonchev–Trinajstić information content (AvgIpc) is 2.99. The number of rotatable bonds is 2. The van der Waals surface area contributed by atoms with Gasteiger partial charge in [0.1, 0.15) is 5.15 Å². The van der Waals surface area contributed by atoms with Crippen molar-refractivity contribution in [3.05, 3.63) is 22.2 Å². The summed E-state index contributed by atoms with van der Waals surface area (Å²) in [7, 11) is 0. The smallest absolute Gasteiger partial charge is 0.131 e. The first kappa shape index (κ1) is 21.8. The number of aryl methyl sites for hydroxylation is 1. The molecule has 3 rings (SSSR count). The summed E-state index contributed by atoms with van der Waals surface area (Å²) in [5.41, 5.74) is 8.78. The van der Waals surface area contributed by atoms with Gasteiger partial charge >= 0.3 is 0 Å². The monoisotopic (exact) mass is 379 g/mol. The largest absolute Gasteiger partial charge is 0.373 e. The van der Waals surface area contributed by atoms with E-state index in [-0.39, 0.29) is 0 Å². The Labute approximate surface area is 161 Å². The van der Waals surface area contributed by atoms with E-state index in [1.165, 1.54) is 32.1 Å². The third-order valence-electron chi connectivity index (χ3n) is 3.86. The Morgan fingerprint density at radius 2 is 2.00 bits per heavy atom. The maximum Gasteiger partial charge on any atom is 0.131 e. The summed E-state index contributed by atoms with van der Waals surface area (Å²) >= 11 is 7.66. The van der Waals surface area contributed by atoms with Crippen LogP contribution in [0.2, 0.25) is 5.15 Å². The van der Waals surface area contributed by atoms with E-state index in [2.05, 4.69) is 27.5 Å². The van der Waals surface area contributed by atoms with Crippen LogP contribution in [0.3, 0.4) is 0 Å². The highest BCUT2D eigenvalue weighted by atomic mass is 35.5. The summed E-state index contributed by atoms with van der Waals surface area (Å²) in [5.74, 6) is 5.82. The van der Waals surface area contributed by atoms with Gasteiger partial charge in [0.25, 0.3) is 0 Å². The van der Waals surface area contributed by atoms with Gasteiger partial charge in [0.05, 0.1) is 22.4 Å². The van der Waals surface area contributed by atoms with Gasteiger partial charge in [0.2, 0.25) is 0 Å². The average molecular weight is 380 g/mol. The predicted molar refractivity (Wildman–Crippen MR) is 114 cm³/mol. The molecule has 0 amide bonds. The standard InChI is InChI=1S/C12H11ClN2S.C6H13N.C2H6/c1-3-4-5-14-9-6-10(13)15-11-8(2)7-16-12(9)11;7-6-4-2-1-3-5-6;1-2/h6-7H,5H2,1-2H3,(H,14,15);6H,1-5,7H2;1-2H3. The highest BCUT2D eigenvalue weighted by molar-refractivity contribution is 7.18. The first-order valence-corrected chi connectivity index (χ1v) is 10.3. The molecule has 0 atom stereocenters. The minimum atomic E-state index is 0.515. The second-order valence-corrected chi connectivity index (χ2v) is 7.03. The van der Waals surface area contributed by atoms with Gasteiger partial charge in [-0.3, -0.25) is 0 Å². The highest BCUT2D eigenvalue weighted by Crippen LogP contribution is 2.32. The number of fused-ring (bicyclic) bond motifs is 1. The van der Waals surface area contributed by atoms with Crippen LogP contribution in [0.5, 0.6) is 0 Å². The Balaban J connectivity index is 0.000000290. The van der Waals surface area contributed by atoms with E-state index in [1.54, 1.807) is 11.3 Å². The Morgan fingerprint density at radius 3 is 2.56 bits per heavy atom. The van der Waals surface area contributed by atoms with Gasteiger partial charge in [-0.15, -0.1) is 17.3 Å². The second kappa shape index (κ2) is 12.1. The summed E-state index contributed by atoms with van der Waals surface area (Å²) in [6, 6.07) is 2.38. The number of hydrogen-bond acceptors (Lipinski definition) is 4. The number of aromatic nitrogens is 1. The quantitative estimate of drug-likeness (QED) is 0.497. The van der Waals surface area contributed by atoms with E-state index in [1.807, 2.05) is 33.8 Å². The Kier molecular flexibility index (Phi) is 10.6. The molecule has 3 nitrogen and oxygen atoms in total. The van der Waals surface area contributed by atoms with Crippen LogP contribution in [0.15, 0.2) is 11.4 Å². The molecule has 1 saturated carbocycles. The van der Waals surface area contributed by atoms with Crippen LogP contribution in [0.1, 0.15) is 58.4 Å². The van der Waals surface area contributed by atoms with Crippen LogP contribution in [-0.4, -0.2) is 17.6 Å². The maximum absolute atomic E-state index is 5.98. The van der Waals surface area contributed by atoms with Crippen LogP contribution in [0.4, 0.5) is 5.69 Å². The van der Waals surface area contributed by atoms with Crippen molar-refractivity contribution in [2.75, 3.05) is 11.9 Å². The molecular weight excluding hydrogens is 350 g/mol. The zero-order valence-electron chi connectivity index (χ0n) is 15.8. The van der Waals surface area contributed by atoms with Gasteiger partial charge in [-0.05, 0) is 37.6 Å². The van der Waals surface area contributed by atoms with Crippen molar-refractivity contribution in [1.82, 2.24) is 4.98 Å². The zero-order chi connectivity index (χ0) is 18.7. The fraction of sp³-hybridized carbons (Fsp3) is 0.550. The van der Waals surface area contributed by atoms with Crippen molar-refractivity contribution in [2.45, 2.75) is 65.8 Å². The molecule has 0 unspecified atom stereocenters. The van der Waals surface area contributed by atoms with Gasteiger partial charge < -0.3 is 11.1 Å². The lowest BCUT2D eigenvalue weighted by Gasteiger charge is -2.15. The summed E-state index contributed by atoms with van der Waals surface area (Å²) in [6.45, 7) is 8.49. The molecule has 1 fully saturated rings. The number of anilines is 1. The normalized spacial score (nSPS) is 13.7. The predicted octanol–water partition coefficient (Wildman–Crippen LogP) is 6.00. The molecule has 0 radical (unpaired) electrons. The third kappa shape index (κ3) is 7.23. The van der Waals surface area contributed by atoms with Crippen molar-refractivity contribution in [2.24, 2.45) is 5.73 Å². The van der Waals surface area contributed by atoms with E-state index in [0.29, 0.717) is 17.7 Å². The summed E-state index contributed by atoms with van der Waals surface area (Å²) < 4.78 is 1.14. The Morgan fingerprint density at radius 1 is 1.32 bits per heavy atom. The van der Waals surface area contributed by atoms with Gasteiger partial charge in [0.15, 0.2) is 0 Å². The van der Waals surface area contributed by atoms with Crippen molar-refractivity contribution in [1.29, 1.82) is 0 Å². The van der Waals surface area contributed by atoms with E-state index in [9.17, 15) is 0 Å². The SMILES string of the molecule is CC.CC#CCNc1cc(Cl)nc2c(C)csc12.NC1CCCCC1. The fourth-order valence-electron chi connectivity index (χ4n) is 2.59. The van der Waals surface area contributed by atoms with E-state index < -0.39 is 0 Å². The first-order chi connectivity index (χ1) is 12.1. The number of thiophene rings is 1. The lowest BCUT2D eigenvalue weighted by molar-refractivity contribution is 0.441. The van der Waals surface area contributed by atoms with Crippen LogP contribution in [-0.2, 0) is 0 Å². The third-order valence-corrected chi connectivity index (χ3v) is 5.18. The summed E-state index contributed by atoms with van der Waals surface area (Å²) in [4.78, 5) is 4.32. The molecule has 2 aromatic rings. The van der Waals surface area contributed by atoms with Crippen LogP contribution >= 0.6 is 22.9 Å².